The lowest BCUT2D eigenvalue weighted by Gasteiger charge is -2.20. The summed E-state index contributed by atoms with van der Waals surface area (Å²) in [4.78, 5) is 33.4. The average Bonchev–Trinajstić information content (AvgIpc) is 2.77. The van der Waals surface area contributed by atoms with Crippen LogP contribution in [0.5, 0.6) is 5.75 Å². The van der Waals surface area contributed by atoms with Crippen LogP contribution >= 0.6 is 0 Å². The van der Waals surface area contributed by atoms with Crippen molar-refractivity contribution in [2.24, 2.45) is 0 Å². The highest BCUT2D eigenvalue weighted by molar-refractivity contribution is 5.81. The first-order chi connectivity index (χ1) is 15.1. The number of quaternary nitrogens is 1. The molecule has 0 aliphatic rings. The molecule has 160 valence electrons. The summed E-state index contributed by atoms with van der Waals surface area (Å²) in [6, 6.07) is 14.4. The molecule has 7 heteroatoms. The second kappa shape index (κ2) is 9.14. The van der Waals surface area contributed by atoms with Gasteiger partial charge in [0.1, 0.15) is 24.4 Å². The van der Waals surface area contributed by atoms with Crippen molar-refractivity contribution in [3.05, 3.63) is 80.7 Å². The van der Waals surface area contributed by atoms with Crippen molar-refractivity contribution < 1.29 is 14.1 Å². The van der Waals surface area contributed by atoms with Crippen molar-refractivity contribution in [3.63, 3.8) is 0 Å². The normalized spacial score (nSPS) is 12.3. The van der Waals surface area contributed by atoms with E-state index in [1.54, 1.807) is 25.3 Å². The Morgan fingerprint density at radius 3 is 2.71 bits per heavy atom. The minimum Gasteiger partial charge on any atom is -0.497 e. The van der Waals surface area contributed by atoms with E-state index in [-0.39, 0.29) is 11.2 Å². The fourth-order valence-electron chi connectivity index (χ4n) is 3.87. The summed E-state index contributed by atoms with van der Waals surface area (Å²) in [5, 5.41) is 1.47. The summed E-state index contributed by atoms with van der Waals surface area (Å²) >= 11 is 0. The maximum atomic E-state index is 12.5. The van der Waals surface area contributed by atoms with E-state index in [0.717, 1.165) is 30.3 Å². The number of ether oxygens (including phenoxy) is 1. The van der Waals surface area contributed by atoms with Crippen LogP contribution in [0.1, 0.15) is 31.2 Å². The summed E-state index contributed by atoms with van der Waals surface area (Å²) in [5.41, 5.74) is 1.59. The summed E-state index contributed by atoms with van der Waals surface area (Å²) in [7, 11) is 1.58. The molecule has 0 amide bonds. The van der Waals surface area contributed by atoms with Gasteiger partial charge in [-0.1, -0.05) is 25.5 Å². The minimum atomic E-state index is -0.386. The second-order valence-corrected chi connectivity index (χ2v) is 7.69. The van der Waals surface area contributed by atoms with Crippen LogP contribution in [0.15, 0.2) is 62.5 Å². The minimum absolute atomic E-state index is 0.131. The van der Waals surface area contributed by atoms with Gasteiger partial charge in [0.05, 0.1) is 24.6 Å². The fraction of sp³-hybridized carbons (Fsp3) is 0.292. The number of H-pyrrole nitrogens is 1. The molecular formula is C24H26N3O4+. The second-order valence-electron chi connectivity index (χ2n) is 7.69. The van der Waals surface area contributed by atoms with Crippen LogP contribution in [-0.4, -0.2) is 23.6 Å². The van der Waals surface area contributed by atoms with Crippen LogP contribution in [0.4, 0.5) is 0 Å². The number of fused-ring (bicyclic) bond motifs is 2. The lowest BCUT2D eigenvalue weighted by molar-refractivity contribution is -0.928. The third kappa shape index (κ3) is 4.67. The van der Waals surface area contributed by atoms with Crippen molar-refractivity contribution in [2.45, 2.75) is 32.9 Å². The number of nitrogens with one attached hydrogen (secondary N) is 2. The molecule has 2 N–H and O–H groups in total. The van der Waals surface area contributed by atoms with E-state index >= 15 is 0 Å². The largest absolute Gasteiger partial charge is 0.497 e. The summed E-state index contributed by atoms with van der Waals surface area (Å²) in [5.74, 6) is 1.28. The van der Waals surface area contributed by atoms with E-state index in [9.17, 15) is 9.59 Å². The van der Waals surface area contributed by atoms with E-state index in [1.807, 2.05) is 30.3 Å². The topological polar surface area (TPSA) is 89.6 Å². The maximum Gasteiger partial charge on any atom is 0.336 e. The highest BCUT2D eigenvalue weighted by atomic mass is 16.5. The Morgan fingerprint density at radius 1 is 1.06 bits per heavy atom. The fourth-order valence-corrected chi connectivity index (χ4v) is 3.87. The SMILES string of the molecule is CCCC[NH+](Cc1nc2ccccc2c(=O)[nH]1)Cc1cc(=O)oc2cc(OC)ccc12. The van der Waals surface area contributed by atoms with Crippen LogP contribution in [0, 0.1) is 0 Å². The molecule has 2 aromatic carbocycles. The highest BCUT2D eigenvalue weighted by Gasteiger charge is 2.17. The Hall–Kier alpha value is -3.45. The molecule has 0 saturated heterocycles. The predicted molar refractivity (Wildman–Crippen MR) is 120 cm³/mol. The van der Waals surface area contributed by atoms with Crippen LogP contribution in [0.3, 0.4) is 0 Å². The number of hydrogen-bond acceptors (Lipinski definition) is 5. The van der Waals surface area contributed by atoms with Crippen molar-refractivity contribution in [3.8, 4) is 5.75 Å². The number of rotatable bonds is 8. The van der Waals surface area contributed by atoms with Gasteiger partial charge < -0.3 is 19.0 Å². The van der Waals surface area contributed by atoms with Crippen molar-refractivity contribution in [1.82, 2.24) is 9.97 Å². The molecule has 7 nitrogen and oxygen atoms in total. The molecule has 0 saturated carbocycles. The molecule has 31 heavy (non-hydrogen) atoms. The highest BCUT2D eigenvalue weighted by Crippen LogP contribution is 2.22. The van der Waals surface area contributed by atoms with Crippen LogP contribution < -0.4 is 20.8 Å². The van der Waals surface area contributed by atoms with Gasteiger partial charge in [0.15, 0.2) is 5.82 Å². The molecule has 4 aromatic rings. The zero-order valence-electron chi connectivity index (χ0n) is 17.7. The smallest absolute Gasteiger partial charge is 0.336 e. The lowest BCUT2D eigenvalue weighted by atomic mass is 10.1. The van der Waals surface area contributed by atoms with Gasteiger partial charge in [-0.15, -0.1) is 0 Å². The quantitative estimate of drug-likeness (QED) is 0.428. The van der Waals surface area contributed by atoms with E-state index in [2.05, 4.69) is 16.9 Å². The Labute approximate surface area is 179 Å². The van der Waals surface area contributed by atoms with Crippen molar-refractivity contribution >= 4 is 21.9 Å². The summed E-state index contributed by atoms with van der Waals surface area (Å²) in [6.07, 6.45) is 2.08. The lowest BCUT2D eigenvalue weighted by Crippen LogP contribution is -3.09. The van der Waals surface area contributed by atoms with E-state index < -0.39 is 0 Å². The number of aromatic amines is 1. The zero-order valence-corrected chi connectivity index (χ0v) is 17.7. The molecular weight excluding hydrogens is 394 g/mol. The van der Waals surface area contributed by atoms with Crippen LogP contribution in [0.25, 0.3) is 21.9 Å². The van der Waals surface area contributed by atoms with Crippen molar-refractivity contribution in [2.75, 3.05) is 13.7 Å². The van der Waals surface area contributed by atoms with Gasteiger partial charge >= 0.3 is 5.63 Å². The molecule has 0 bridgehead atoms. The zero-order chi connectivity index (χ0) is 21.8. The predicted octanol–water partition coefficient (Wildman–Crippen LogP) is 2.42. The first-order valence-electron chi connectivity index (χ1n) is 10.5. The first kappa shape index (κ1) is 20.8. The van der Waals surface area contributed by atoms with Gasteiger partial charge in [-0.3, -0.25) is 4.79 Å². The molecule has 0 aliphatic heterocycles. The molecule has 2 heterocycles. The van der Waals surface area contributed by atoms with Gasteiger partial charge in [-0.05, 0) is 30.7 Å². The molecule has 0 spiro atoms. The Kier molecular flexibility index (Phi) is 6.13. The number of unbranched alkanes of at least 4 members (excludes halogenated alkanes) is 1. The summed E-state index contributed by atoms with van der Waals surface area (Å²) < 4.78 is 10.6. The third-order valence-corrected chi connectivity index (χ3v) is 5.44. The number of aromatic nitrogens is 2. The Bertz CT molecular complexity index is 1330. The number of methoxy groups -OCH3 is 1. The molecule has 4 rings (SSSR count). The maximum absolute atomic E-state index is 12.5. The van der Waals surface area contributed by atoms with Crippen LogP contribution in [-0.2, 0) is 13.1 Å². The van der Waals surface area contributed by atoms with Gasteiger partial charge in [0, 0.05) is 23.1 Å². The van der Waals surface area contributed by atoms with Gasteiger partial charge in [-0.2, -0.15) is 0 Å². The van der Waals surface area contributed by atoms with Gasteiger partial charge in [0.25, 0.3) is 5.56 Å². The molecule has 0 radical (unpaired) electrons. The molecule has 0 aliphatic carbocycles. The van der Waals surface area contributed by atoms with Gasteiger partial charge in [0.2, 0.25) is 0 Å². The molecule has 0 fully saturated rings. The van der Waals surface area contributed by atoms with Crippen molar-refractivity contribution in [1.29, 1.82) is 0 Å². The molecule has 1 atom stereocenters. The average molecular weight is 420 g/mol. The molecule has 2 aromatic heterocycles. The monoisotopic (exact) mass is 420 g/mol. The standard InChI is InChI=1S/C24H25N3O4/c1-3-4-11-27(15-22-25-20-8-6-5-7-19(20)24(29)26-22)14-16-12-23(28)31-21-13-17(30-2)9-10-18(16)21/h5-10,12-13H,3-4,11,14-15H2,1-2H3,(H,25,26,29)/p+1. The third-order valence-electron chi connectivity index (χ3n) is 5.44. The number of benzene rings is 2. The summed E-state index contributed by atoms with van der Waals surface area (Å²) in [6.45, 7) is 4.21. The molecule has 1 unspecified atom stereocenters. The number of hydrogen-bond donors (Lipinski definition) is 2. The van der Waals surface area contributed by atoms with Crippen LogP contribution in [0.2, 0.25) is 0 Å². The van der Waals surface area contributed by atoms with Gasteiger partial charge in [-0.25, -0.2) is 9.78 Å². The van der Waals surface area contributed by atoms with E-state index in [0.29, 0.717) is 41.1 Å². The van der Waals surface area contributed by atoms with E-state index in [4.69, 9.17) is 9.15 Å². The number of nitrogens with zero attached hydrogens (tertiary/aromatic N) is 1. The Balaban J connectivity index is 1.68. The van der Waals surface area contributed by atoms with E-state index in [1.165, 1.54) is 4.90 Å². The first-order valence-corrected chi connectivity index (χ1v) is 10.5. The number of para-hydroxylation sites is 1. The Morgan fingerprint density at radius 2 is 1.90 bits per heavy atom.